The molecule has 1 unspecified atom stereocenters. The van der Waals surface area contributed by atoms with Crippen molar-refractivity contribution >= 4 is 16.1 Å². The van der Waals surface area contributed by atoms with Crippen LogP contribution in [0.5, 0.6) is 0 Å². The third kappa shape index (κ3) is 14.0. The van der Waals surface area contributed by atoms with Crippen molar-refractivity contribution in [2.75, 3.05) is 38.6 Å². The van der Waals surface area contributed by atoms with Crippen LogP contribution in [0.25, 0.3) is 0 Å². The molecule has 1 heterocycles. The Morgan fingerprint density at radius 3 is 2.15 bits per heavy atom. The fourth-order valence-corrected chi connectivity index (χ4v) is 3.90. The summed E-state index contributed by atoms with van der Waals surface area (Å²) >= 11 is 0. The molecule has 0 radical (unpaired) electrons. The van der Waals surface area contributed by atoms with Gasteiger partial charge in [-0.15, -0.1) is 0 Å². The highest BCUT2D eigenvalue weighted by Crippen LogP contribution is 2.12. The number of carbonyl (C=O) groups excluding carboxylic acids is 1. The minimum atomic E-state index is -4.20. The lowest BCUT2D eigenvalue weighted by Crippen LogP contribution is -2.44. The SMILES string of the molecule is CCCCCCCCCCCC(=O)OC(CN1CCOCC1)CS(=O)(=O)O. The van der Waals surface area contributed by atoms with Gasteiger partial charge in [-0.1, -0.05) is 58.3 Å². The maximum Gasteiger partial charge on any atom is 0.306 e. The average Bonchev–Trinajstić information content (AvgIpc) is 2.59. The highest BCUT2D eigenvalue weighted by atomic mass is 32.2. The van der Waals surface area contributed by atoms with Crippen molar-refractivity contribution < 1.29 is 27.2 Å². The van der Waals surface area contributed by atoms with Crippen LogP contribution in [-0.2, 0) is 24.4 Å². The van der Waals surface area contributed by atoms with Gasteiger partial charge in [0.05, 0.1) is 13.2 Å². The van der Waals surface area contributed by atoms with E-state index in [-0.39, 0.29) is 5.97 Å². The van der Waals surface area contributed by atoms with Crippen molar-refractivity contribution in [1.29, 1.82) is 0 Å². The summed E-state index contributed by atoms with van der Waals surface area (Å²) < 4.78 is 42.1. The van der Waals surface area contributed by atoms with Gasteiger partial charge in [-0.05, 0) is 6.42 Å². The molecule has 27 heavy (non-hydrogen) atoms. The number of hydrogen-bond donors (Lipinski definition) is 1. The van der Waals surface area contributed by atoms with Gasteiger partial charge in [-0.3, -0.25) is 14.2 Å². The van der Waals surface area contributed by atoms with Gasteiger partial charge >= 0.3 is 5.97 Å². The van der Waals surface area contributed by atoms with Gasteiger partial charge in [0, 0.05) is 26.1 Å². The van der Waals surface area contributed by atoms with Crippen LogP contribution in [0.4, 0.5) is 0 Å². The largest absolute Gasteiger partial charge is 0.460 e. The molecule has 1 fully saturated rings. The summed E-state index contributed by atoms with van der Waals surface area (Å²) in [5.74, 6) is -0.951. The lowest BCUT2D eigenvalue weighted by molar-refractivity contribution is -0.149. The molecule has 1 aliphatic heterocycles. The number of esters is 1. The molecule has 0 aromatic rings. The second-order valence-corrected chi connectivity index (χ2v) is 8.85. The van der Waals surface area contributed by atoms with Crippen LogP contribution in [0.3, 0.4) is 0 Å². The van der Waals surface area contributed by atoms with E-state index < -0.39 is 22.0 Å². The number of rotatable bonds is 15. The summed E-state index contributed by atoms with van der Waals surface area (Å²) in [5, 5.41) is 0. The van der Waals surface area contributed by atoms with Crippen LogP contribution in [0, 0.1) is 0 Å². The van der Waals surface area contributed by atoms with Crippen molar-refractivity contribution in [3.63, 3.8) is 0 Å². The van der Waals surface area contributed by atoms with Gasteiger partial charge in [0.15, 0.2) is 0 Å². The maximum absolute atomic E-state index is 12.0. The molecule has 0 spiro atoms. The van der Waals surface area contributed by atoms with Gasteiger partial charge in [-0.2, -0.15) is 8.42 Å². The van der Waals surface area contributed by atoms with Crippen LogP contribution in [-0.4, -0.2) is 68.5 Å². The van der Waals surface area contributed by atoms with Gasteiger partial charge in [0.25, 0.3) is 10.1 Å². The normalized spacial score (nSPS) is 17.0. The van der Waals surface area contributed by atoms with Crippen molar-refractivity contribution in [3.05, 3.63) is 0 Å². The highest BCUT2D eigenvalue weighted by Gasteiger charge is 2.24. The average molecular weight is 408 g/mol. The van der Waals surface area contributed by atoms with E-state index in [2.05, 4.69) is 6.92 Å². The zero-order valence-electron chi connectivity index (χ0n) is 16.7. The van der Waals surface area contributed by atoms with Gasteiger partial charge in [0.2, 0.25) is 0 Å². The van der Waals surface area contributed by atoms with E-state index in [0.717, 1.165) is 19.3 Å². The first-order chi connectivity index (χ1) is 12.9. The predicted molar refractivity (Wildman–Crippen MR) is 105 cm³/mol. The monoisotopic (exact) mass is 407 g/mol. The molecule has 1 atom stereocenters. The van der Waals surface area contributed by atoms with Crippen LogP contribution < -0.4 is 0 Å². The molecule has 7 nitrogen and oxygen atoms in total. The summed E-state index contributed by atoms with van der Waals surface area (Å²) in [6.45, 7) is 4.98. The molecule has 0 aromatic heterocycles. The molecule has 1 aliphatic rings. The number of ether oxygens (including phenoxy) is 2. The van der Waals surface area contributed by atoms with E-state index in [1.807, 2.05) is 4.90 Å². The van der Waals surface area contributed by atoms with Crippen molar-refractivity contribution in [3.8, 4) is 0 Å². The number of carbonyl (C=O) groups is 1. The van der Waals surface area contributed by atoms with E-state index in [1.54, 1.807) is 0 Å². The zero-order valence-corrected chi connectivity index (χ0v) is 17.6. The van der Waals surface area contributed by atoms with Gasteiger partial charge < -0.3 is 9.47 Å². The second-order valence-electron chi connectivity index (χ2n) is 7.35. The molecule has 160 valence electrons. The third-order valence-corrected chi connectivity index (χ3v) is 5.54. The van der Waals surface area contributed by atoms with Crippen LogP contribution in [0.1, 0.15) is 71.1 Å². The Morgan fingerprint density at radius 1 is 1.04 bits per heavy atom. The minimum Gasteiger partial charge on any atom is -0.460 e. The number of nitrogens with zero attached hydrogens (tertiary/aromatic N) is 1. The third-order valence-electron chi connectivity index (χ3n) is 4.74. The molecule has 0 amide bonds. The number of morpholine rings is 1. The quantitative estimate of drug-likeness (QED) is 0.253. The maximum atomic E-state index is 12.0. The summed E-state index contributed by atoms with van der Waals surface area (Å²) in [4.78, 5) is 14.0. The lowest BCUT2D eigenvalue weighted by atomic mass is 10.1. The first-order valence-electron chi connectivity index (χ1n) is 10.4. The smallest absolute Gasteiger partial charge is 0.306 e. The molecule has 1 rings (SSSR count). The predicted octanol–water partition coefficient (Wildman–Crippen LogP) is 3.04. The van der Waals surface area contributed by atoms with Crippen molar-refractivity contribution in [2.24, 2.45) is 0 Å². The fraction of sp³-hybridized carbons (Fsp3) is 0.947. The Hall–Kier alpha value is -0.700. The standard InChI is InChI=1S/C19H37NO6S/c1-2-3-4-5-6-7-8-9-10-11-19(21)26-18(17-27(22,23)24)16-20-12-14-25-15-13-20/h18H,2-17H2,1H3,(H,22,23,24). The van der Waals surface area contributed by atoms with E-state index in [4.69, 9.17) is 14.0 Å². The molecular formula is C19H37NO6S. The number of hydrogen-bond acceptors (Lipinski definition) is 6. The lowest BCUT2D eigenvalue weighted by Gasteiger charge is -2.29. The summed E-state index contributed by atoms with van der Waals surface area (Å²) in [5.41, 5.74) is 0. The first-order valence-corrected chi connectivity index (χ1v) is 12.0. The number of unbranched alkanes of at least 4 members (excludes halogenated alkanes) is 8. The van der Waals surface area contributed by atoms with Gasteiger partial charge in [-0.25, -0.2) is 0 Å². The summed E-state index contributed by atoms with van der Waals surface area (Å²) in [6, 6.07) is 0. The molecule has 0 aliphatic carbocycles. The van der Waals surface area contributed by atoms with Crippen LogP contribution in [0.2, 0.25) is 0 Å². The summed E-state index contributed by atoms with van der Waals surface area (Å²) in [6.07, 6.45) is 9.90. The Balaban J connectivity index is 2.21. The molecule has 1 saturated heterocycles. The fourth-order valence-electron chi connectivity index (χ4n) is 3.26. The topological polar surface area (TPSA) is 93.1 Å². The Morgan fingerprint density at radius 2 is 1.59 bits per heavy atom. The van der Waals surface area contributed by atoms with Gasteiger partial charge in [0.1, 0.15) is 11.9 Å². The molecule has 8 heteroatoms. The van der Waals surface area contributed by atoms with Crippen LogP contribution in [0.15, 0.2) is 0 Å². The molecule has 1 N–H and O–H groups in total. The molecule has 0 saturated carbocycles. The minimum absolute atomic E-state index is 0.293. The molecule has 0 bridgehead atoms. The van der Waals surface area contributed by atoms with Crippen molar-refractivity contribution in [2.45, 2.75) is 77.2 Å². The van der Waals surface area contributed by atoms with E-state index in [0.29, 0.717) is 39.3 Å². The zero-order chi connectivity index (χ0) is 20.0. The molecular weight excluding hydrogens is 370 g/mol. The highest BCUT2D eigenvalue weighted by molar-refractivity contribution is 7.85. The second kappa shape index (κ2) is 14.3. The molecule has 0 aromatic carbocycles. The van der Waals surface area contributed by atoms with E-state index in [9.17, 15) is 13.2 Å². The van der Waals surface area contributed by atoms with Crippen molar-refractivity contribution in [1.82, 2.24) is 4.90 Å². The Bertz CT molecular complexity index is 490. The van der Waals surface area contributed by atoms with E-state index in [1.165, 1.54) is 38.5 Å². The first kappa shape index (κ1) is 24.3. The Kier molecular flexibility index (Phi) is 12.9. The Labute approximate surface area is 164 Å². The van der Waals surface area contributed by atoms with Crippen LogP contribution >= 0.6 is 0 Å². The summed E-state index contributed by atoms with van der Waals surface area (Å²) in [7, 11) is -4.20. The van der Waals surface area contributed by atoms with E-state index >= 15 is 0 Å².